The number of fused-ring (bicyclic) bond motifs is 1. The molecule has 1 aliphatic rings. The minimum absolute atomic E-state index is 0.214. The number of hydrogen-bond donors (Lipinski definition) is 0. The molecule has 19 heavy (non-hydrogen) atoms. The molecule has 0 spiro atoms. The summed E-state index contributed by atoms with van der Waals surface area (Å²) in [6.45, 7) is 2.06. The van der Waals surface area contributed by atoms with Gasteiger partial charge < -0.3 is 0 Å². The molecule has 2 aromatic rings. The summed E-state index contributed by atoms with van der Waals surface area (Å²) in [6.07, 6.45) is 5.11. The van der Waals surface area contributed by atoms with Gasteiger partial charge in [-0.3, -0.25) is 0 Å². The van der Waals surface area contributed by atoms with Crippen LogP contribution in [0.2, 0.25) is 5.02 Å². The average Bonchev–Trinajstić information content (AvgIpc) is 2.78. The minimum Gasteiger partial charge on any atom is -0.145 e. The molecule has 0 amide bonds. The van der Waals surface area contributed by atoms with Gasteiger partial charge in [-0.25, -0.2) is 0 Å². The van der Waals surface area contributed by atoms with Crippen LogP contribution < -0.4 is 0 Å². The van der Waals surface area contributed by atoms with E-state index < -0.39 is 0 Å². The van der Waals surface area contributed by atoms with Crippen LogP contribution in [0.4, 0.5) is 0 Å². The largest absolute Gasteiger partial charge is 0.145 e. The zero-order valence-corrected chi connectivity index (χ0v) is 14.0. The standard InChI is InChI=1S/C16H16BrClS/c1-10-9-19-16(15(10)18)14(17)13-7-6-11-4-2-3-5-12(11)8-13/h6-9,14H,2-5H2,1H3. The van der Waals surface area contributed by atoms with Gasteiger partial charge >= 0.3 is 0 Å². The smallest absolute Gasteiger partial charge is 0.0753 e. The van der Waals surface area contributed by atoms with Crippen LogP contribution in [0.1, 0.15) is 44.8 Å². The Bertz CT molecular complexity index is 603. The van der Waals surface area contributed by atoms with E-state index in [9.17, 15) is 0 Å². The lowest BCUT2D eigenvalue weighted by molar-refractivity contribution is 0.684. The minimum atomic E-state index is 0.214. The maximum atomic E-state index is 6.38. The number of hydrogen-bond acceptors (Lipinski definition) is 1. The quantitative estimate of drug-likeness (QED) is 0.573. The second-order valence-electron chi connectivity index (χ2n) is 5.19. The molecule has 0 saturated heterocycles. The fraction of sp³-hybridized carbons (Fsp3) is 0.375. The predicted octanol–water partition coefficient (Wildman–Crippen LogP) is 6.07. The Balaban J connectivity index is 1.95. The van der Waals surface area contributed by atoms with Crippen LogP contribution >= 0.6 is 38.9 Å². The first-order valence-electron chi connectivity index (χ1n) is 6.66. The third kappa shape index (κ3) is 2.63. The van der Waals surface area contributed by atoms with E-state index in [-0.39, 0.29) is 4.83 Å². The topological polar surface area (TPSA) is 0 Å². The number of alkyl halides is 1. The number of thiophene rings is 1. The van der Waals surface area contributed by atoms with Gasteiger partial charge in [0.2, 0.25) is 0 Å². The Morgan fingerprint density at radius 1 is 1.21 bits per heavy atom. The van der Waals surface area contributed by atoms with Crippen LogP contribution in [-0.2, 0) is 12.8 Å². The van der Waals surface area contributed by atoms with Gasteiger partial charge in [-0.05, 0) is 60.2 Å². The molecule has 1 aromatic carbocycles. The van der Waals surface area contributed by atoms with E-state index >= 15 is 0 Å². The van der Waals surface area contributed by atoms with Crippen molar-refractivity contribution < 1.29 is 0 Å². The van der Waals surface area contributed by atoms with Gasteiger partial charge in [0, 0.05) is 4.88 Å². The lowest BCUT2D eigenvalue weighted by atomic mass is 9.90. The first kappa shape index (κ1) is 13.7. The van der Waals surface area contributed by atoms with Crippen LogP contribution in [-0.4, -0.2) is 0 Å². The second-order valence-corrected chi connectivity index (χ2v) is 7.40. The maximum absolute atomic E-state index is 6.38. The zero-order chi connectivity index (χ0) is 13.4. The number of halogens is 2. The highest BCUT2D eigenvalue weighted by Gasteiger charge is 2.19. The Hall–Kier alpha value is -0.310. The molecule has 0 nitrogen and oxygen atoms in total. The van der Waals surface area contributed by atoms with E-state index in [1.54, 1.807) is 11.3 Å². The highest BCUT2D eigenvalue weighted by molar-refractivity contribution is 9.09. The van der Waals surface area contributed by atoms with Gasteiger partial charge in [0.1, 0.15) is 0 Å². The van der Waals surface area contributed by atoms with Crippen molar-refractivity contribution in [3.63, 3.8) is 0 Å². The van der Waals surface area contributed by atoms with Crippen LogP contribution in [0, 0.1) is 6.92 Å². The lowest BCUT2D eigenvalue weighted by Gasteiger charge is -2.18. The number of rotatable bonds is 2. The Kier molecular flexibility index (Phi) is 4.02. The van der Waals surface area contributed by atoms with Crippen molar-refractivity contribution in [2.75, 3.05) is 0 Å². The Labute approximate surface area is 131 Å². The molecule has 100 valence electrons. The fourth-order valence-corrected chi connectivity index (χ4v) is 4.96. The summed E-state index contributed by atoms with van der Waals surface area (Å²) >= 11 is 11.9. The summed E-state index contributed by atoms with van der Waals surface area (Å²) in [6, 6.07) is 6.90. The molecule has 0 saturated carbocycles. The summed E-state index contributed by atoms with van der Waals surface area (Å²) in [4.78, 5) is 1.43. The summed E-state index contributed by atoms with van der Waals surface area (Å²) in [5.41, 5.74) is 5.55. The average molecular weight is 356 g/mol. The van der Waals surface area contributed by atoms with Crippen LogP contribution in [0.5, 0.6) is 0 Å². The molecule has 1 unspecified atom stereocenters. The monoisotopic (exact) mass is 354 g/mol. The Morgan fingerprint density at radius 3 is 2.63 bits per heavy atom. The number of aryl methyl sites for hydroxylation is 3. The van der Waals surface area contributed by atoms with Gasteiger partial charge in [0.25, 0.3) is 0 Å². The third-order valence-corrected chi connectivity index (χ3v) is 6.89. The molecule has 1 aliphatic carbocycles. The van der Waals surface area contributed by atoms with E-state index in [1.807, 2.05) is 0 Å². The first-order chi connectivity index (χ1) is 9.16. The van der Waals surface area contributed by atoms with Crippen molar-refractivity contribution >= 4 is 38.9 Å². The molecular weight excluding hydrogens is 340 g/mol. The van der Waals surface area contributed by atoms with Crippen LogP contribution in [0.3, 0.4) is 0 Å². The third-order valence-electron chi connectivity index (χ3n) is 3.82. The summed E-state index contributed by atoms with van der Waals surface area (Å²) in [7, 11) is 0. The molecule has 0 radical (unpaired) electrons. The van der Waals surface area contributed by atoms with Crippen molar-refractivity contribution in [3.8, 4) is 0 Å². The van der Waals surface area contributed by atoms with Crippen molar-refractivity contribution in [1.29, 1.82) is 0 Å². The SMILES string of the molecule is Cc1csc(C(Br)c2ccc3c(c2)CCCC3)c1Cl. The van der Waals surface area contributed by atoms with Crippen LogP contribution in [0.15, 0.2) is 23.6 Å². The van der Waals surface area contributed by atoms with Gasteiger partial charge in [0.05, 0.1) is 9.85 Å². The first-order valence-corrected chi connectivity index (χ1v) is 8.83. The summed E-state index contributed by atoms with van der Waals surface area (Å²) in [5.74, 6) is 0. The van der Waals surface area contributed by atoms with Gasteiger partial charge in [0.15, 0.2) is 0 Å². The molecule has 0 fully saturated rings. The highest BCUT2D eigenvalue weighted by atomic mass is 79.9. The van der Waals surface area contributed by atoms with E-state index in [0.717, 1.165) is 5.02 Å². The predicted molar refractivity (Wildman–Crippen MR) is 87.9 cm³/mol. The van der Waals surface area contributed by atoms with Crippen LogP contribution in [0.25, 0.3) is 0 Å². The molecule has 1 atom stereocenters. The molecule has 0 aliphatic heterocycles. The van der Waals surface area contributed by atoms with Crippen molar-refractivity contribution in [2.24, 2.45) is 0 Å². The molecule has 1 heterocycles. The number of benzene rings is 1. The Morgan fingerprint density at radius 2 is 1.95 bits per heavy atom. The zero-order valence-electron chi connectivity index (χ0n) is 10.9. The van der Waals surface area contributed by atoms with Crippen molar-refractivity contribution in [1.82, 2.24) is 0 Å². The normalized spacial score (nSPS) is 16.2. The van der Waals surface area contributed by atoms with Gasteiger partial charge in [-0.1, -0.05) is 45.7 Å². The highest BCUT2D eigenvalue weighted by Crippen LogP contribution is 2.41. The lowest BCUT2D eigenvalue weighted by Crippen LogP contribution is -2.04. The van der Waals surface area contributed by atoms with E-state index in [1.165, 1.54) is 52.8 Å². The molecule has 0 N–H and O–H groups in total. The van der Waals surface area contributed by atoms with Crippen molar-refractivity contribution in [3.05, 3.63) is 55.7 Å². The molecular formula is C16H16BrClS. The van der Waals surface area contributed by atoms with E-state index in [4.69, 9.17) is 11.6 Å². The molecule has 1 aromatic heterocycles. The van der Waals surface area contributed by atoms with E-state index in [2.05, 4.69) is 46.4 Å². The molecule has 3 heteroatoms. The summed E-state index contributed by atoms with van der Waals surface area (Å²) < 4.78 is 0. The van der Waals surface area contributed by atoms with Gasteiger partial charge in [-0.15, -0.1) is 11.3 Å². The van der Waals surface area contributed by atoms with Crippen molar-refractivity contribution in [2.45, 2.75) is 37.4 Å². The van der Waals surface area contributed by atoms with E-state index in [0.29, 0.717) is 0 Å². The second kappa shape index (κ2) is 5.59. The fourth-order valence-electron chi connectivity index (χ4n) is 2.68. The molecule has 3 rings (SSSR count). The molecule has 0 bridgehead atoms. The van der Waals surface area contributed by atoms with Gasteiger partial charge in [-0.2, -0.15) is 0 Å². The summed E-state index contributed by atoms with van der Waals surface area (Å²) in [5, 5.41) is 3.04. The maximum Gasteiger partial charge on any atom is 0.0753 e.